The van der Waals surface area contributed by atoms with Crippen LogP contribution >= 0.6 is 0 Å². The summed E-state index contributed by atoms with van der Waals surface area (Å²) >= 11 is 0. The van der Waals surface area contributed by atoms with E-state index in [1.807, 2.05) is 19.1 Å². The summed E-state index contributed by atoms with van der Waals surface area (Å²) in [6.07, 6.45) is 3.31. The van der Waals surface area contributed by atoms with Crippen molar-refractivity contribution in [1.82, 2.24) is 4.90 Å². The molecule has 4 heteroatoms. The number of likely N-dealkylation sites (tertiary alicyclic amines) is 1. The van der Waals surface area contributed by atoms with Crippen molar-refractivity contribution < 1.29 is 15.0 Å². The number of aromatic hydroxyl groups is 1. The summed E-state index contributed by atoms with van der Waals surface area (Å²) in [6, 6.07) is 6.75. The molecule has 4 atom stereocenters. The van der Waals surface area contributed by atoms with Gasteiger partial charge >= 0.3 is 5.97 Å². The molecule has 0 aromatic heterocycles. The molecule has 0 bridgehead atoms. The van der Waals surface area contributed by atoms with Crippen molar-refractivity contribution in [3.05, 3.63) is 29.8 Å². The SMILES string of the molecule is CC(c1ccccc1O)N1CC2CCCC2C1C(=O)O. The average Bonchev–Trinajstić information content (AvgIpc) is 2.97. The molecule has 0 radical (unpaired) electrons. The number of hydrogen-bond acceptors (Lipinski definition) is 3. The highest BCUT2D eigenvalue weighted by Crippen LogP contribution is 2.46. The van der Waals surface area contributed by atoms with Gasteiger partial charge in [-0.3, -0.25) is 9.69 Å². The van der Waals surface area contributed by atoms with Crippen molar-refractivity contribution in [3.8, 4) is 5.75 Å². The van der Waals surface area contributed by atoms with Crippen LogP contribution in [0.4, 0.5) is 0 Å². The van der Waals surface area contributed by atoms with Crippen molar-refractivity contribution in [2.24, 2.45) is 11.8 Å². The highest BCUT2D eigenvalue weighted by Gasteiger charge is 2.49. The minimum Gasteiger partial charge on any atom is -0.508 e. The summed E-state index contributed by atoms with van der Waals surface area (Å²) in [5.74, 6) is 0.313. The van der Waals surface area contributed by atoms with Crippen molar-refractivity contribution in [2.45, 2.75) is 38.3 Å². The Labute approximate surface area is 119 Å². The summed E-state index contributed by atoms with van der Waals surface area (Å²) < 4.78 is 0. The summed E-state index contributed by atoms with van der Waals surface area (Å²) in [7, 11) is 0. The first-order chi connectivity index (χ1) is 9.59. The Hall–Kier alpha value is -1.55. The molecule has 4 nitrogen and oxygen atoms in total. The largest absolute Gasteiger partial charge is 0.508 e. The second-order valence-electron chi connectivity index (χ2n) is 6.07. The number of phenolic OH excluding ortho intramolecular Hbond substituents is 1. The first-order valence-corrected chi connectivity index (χ1v) is 7.36. The number of carbonyl (C=O) groups is 1. The Morgan fingerprint density at radius 3 is 2.80 bits per heavy atom. The van der Waals surface area contributed by atoms with Crippen LogP contribution in [0.1, 0.15) is 37.8 Å². The van der Waals surface area contributed by atoms with Gasteiger partial charge in [0.15, 0.2) is 0 Å². The van der Waals surface area contributed by atoms with E-state index in [2.05, 4.69) is 4.90 Å². The number of phenols is 1. The Kier molecular flexibility index (Phi) is 3.42. The van der Waals surface area contributed by atoms with Crippen LogP contribution in [0.15, 0.2) is 24.3 Å². The van der Waals surface area contributed by atoms with Crippen molar-refractivity contribution in [2.75, 3.05) is 6.54 Å². The lowest BCUT2D eigenvalue weighted by Crippen LogP contribution is -2.41. The molecular weight excluding hydrogens is 254 g/mol. The summed E-state index contributed by atoms with van der Waals surface area (Å²) in [4.78, 5) is 13.7. The Balaban J connectivity index is 1.89. The van der Waals surface area contributed by atoms with Crippen LogP contribution in [0.2, 0.25) is 0 Å². The molecule has 0 amide bonds. The molecule has 1 aromatic rings. The van der Waals surface area contributed by atoms with Crippen LogP contribution in [0.3, 0.4) is 0 Å². The van der Waals surface area contributed by atoms with E-state index >= 15 is 0 Å². The monoisotopic (exact) mass is 275 g/mol. The molecule has 1 aliphatic heterocycles. The second kappa shape index (κ2) is 5.09. The molecular formula is C16H21NO3. The van der Waals surface area contributed by atoms with Gasteiger partial charge in [-0.15, -0.1) is 0 Å². The van der Waals surface area contributed by atoms with Gasteiger partial charge in [-0.25, -0.2) is 0 Å². The smallest absolute Gasteiger partial charge is 0.321 e. The van der Waals surface area contributed by atoms with Gasteiger partial charge in [0.2, 0.25) is 0 Å². The molecule has 2 N–H and O–H groups in total. The van der Waals surface area contributed by atoms with Gasteiger partial charge < -0.3 is 10.2 Å². The molecule has 1 aromatic carbocycles. The van der Waals surface area contributed by atoms with E-state index in [9.17, 15) is 15.0 Å². The van der Waals surface area contributed by atoms with E-state index in [4.69, 9.17) is 0 Å². The molecule has 1 saturated heterocycles. The zero-order chi connectivity index (χ0) is 14.3. The zero-order valence-corrected chi connectivity index (χ0v) is 11.7. The molecule has 108 valence electrons. The maximum absolute atomic E-state index is 11.7. The molecule has 3 rings (SSSR count). The van der Waals surface area contributed by atoms with Crippen LogP contribution in [0.25, 0.3) is 0 Å². The number of carboxylic acid groups (broad SMARTS) is 1. The topological polar surface area (TPSA) is 60.8 Å². The van der Waals surface area contributed by atoms with Gasteiger partial charge in [-0.2, -0.15) is 0 Å². The normalized spacial score (nSPS) is 31.1. The number of nitrogens with zero attached hydrogens (tertiary/aromatic N) is 1. The minimum absolute atomic E-state index is 0.0668. The lowest BCUT2D eigenvalue weighted by molar-refractivity contribution is -0.144. The fourth-order valence-electron chi connectivity index (χ4n) is 4.08. The standard InChI is InChI=1S/C16H21NO3/c1-10(12-6-2-3-8-14(12)18)17-9-11-5-4-7-13(11)15(17)16(19)20/h2-3,6,8,10-11,13,15,18H,4-5,7,9H2,1H3,(H,19,20). The Morgan fingerprint density at radius 1 is 1.35 bits per heavy atom. The number of para-hydroxylation sites is 1. The maximum Gasteiger partial charge on any atom is 0.321 e. The van der Waals surface area contributed by atoms with E-state index in [-0.39, 0.29) is 17.7 Å². The van der Waals surface area contributed by atoms with Crippen LogP contribution in [0.5, 0.6) is 5.75 Å². The number of carboxylic acids is 1. The van der Waals surface area contributed by atoms with Gasteiger partial charge in [-0.05, 0) is 37.7 Å². The molecule has 1 saturated carbocycles. The summed E-state index contributed by atoms with van der Waals surface area (Å²) in [5.41, 5.74) is 0.818. The second-order valence-corrected chi connectivity index (χ2v) is 6.07. The quantitative estimate of drug-likeness (QED) is 0.890. The van der Waals surface area contributed by atoms with Crippen molar-refractivity contribution >= 4 is 5.97 Å². The van der Waals surface area contributed by atoms with E-state index in [0.717, 1.165) is 31.4 Å². The maximum atomic E-state index is 11.7. The Morgan fingerprint density at radius 2 is 2.10 bits per heavy atom. The van der Waals surface area contributed by atoms with Gasteiger partial charge in [0, 0.05) is 18.2 Å². The molecule has 4 unspecified atom stereocenters. The highest BCUT2D eigenvalue weighted by molar-refractivity contribution is 5.74. The van der Waals surface area contributed by atoms with Crippen LogP contribution in [-0.2, 0) is 4.79 Å². The lowest BCUT2D eigenvalue weighted by atomic mass is 9.94. The van der Waals surface area contributed by atoms with Crippen LogP contribution < -0.4 is 0 Å². The molecule has 2 aliphatic rings. The minimum atomic E-state index is -0.721. The first kappa shape index (κ1) is 13.4. The van der Waals surface area contributed by atoms with Gasteiger partial charge in [0.05, 0.1) is 0 Å². The molecule has 1 aliphatic carbocycles. The third kappa shape index (κ3) is 2.08. The van der Waals surface area contributed by atoms with Crippen LogP contribution in [-0.4, -0.2) is 33.7 Å². The number of aliphatic carboxylic acids is 1. The highest BCUT2D eigenvalue weighted by atomic mass is 16.4. The van der Waals surface area contributed by atoms with E-state index < -0.39 is 12.0 Å². The van der Waals surface area contributed by atoms with Crippen molar-refractivity contribution in [1.29, 1.82) is 0 Å². The number of hydrogen-bond donors (Lipinski definition) is 2. The predicted molar refractivity (Wildman–Crippen MR) is 75.5 cm³/mol. The predicted octanol–water partition coefficient (Wildman–Crippen LogP) is 2.64. The van der Waals surface area contributed by atoms with Crippen molar-refractivity contribution in [3.63, 3.8) is 0 Å². The molecule has 1 heterocycles. The number of benzene rings is 1. The molecule has 0 spiro atoms. The third-order valence-corrected chi connectivity index (χ3v) is 5.06. The van der Waals surface area contributed by atoms with Gasteiger partial charge in [0.1, 0.15) is 11.8 Å². The fourth-order valence-corrected chi connectivity index (χ4v) is 4.08. The Bertz CT molecular complexity index is 516. The molecule has 20 heavy (non-hydrogen) atoms. The zero-order valence-electron chi connectivity index (χ0n) is 11.7. The van der Waals surface area contributed by atoms with Crippen LogP contribution in [0, 0.1) is 11.8 Å². The lowest BCUT2D eigenvalue weighted by Gasteiger charge is -2.30. The average molecular weight is 275 g/mol. The first-order valence-electron chi connectivity index (χ1n) is 7.36. The van der Waals surface area contributed by atoms with E-state index in [1.165, 1.54) is 0 Å². The fraction of sp³-hybridized carbons (Fsp3) is 0.562. The number of fused-ring (bicyclic) bond motifs is 1. The van der Waals surface area contributed by atoms with E-state index in [0.29, 0.717) is 5.92 Å². The third-order valence-electron chi connectivity index (χ3n) is 5.06. The van der Waals surface area contributed by atoms with E-state index in [1.54, 1.807) is 12.1 Å². The molecule has 2 fully saturated rings. The summed E-state index contributed by atoms with van der Waals surface area (Å²) in [5, 5.41) is 19.6. The van der Waals surface area contributed by atoms with Gasteiger partial charge in [0.25, 0.3) is 0 Å². The van der Waals surface area contributed by atoms with Gasteiger partial charge in [-0.1, -0.05) is 24.6 Å². The number of rotatable bonds is 3. The summed E-state index contributed by atoms with van der Waals surface area (Å²) in [6.45, 7) is 2.82.